The number of thiazole rings is 1. The Bertz CT molecular complexity index is 1410. The zero-order valence-electron chi connectivity index (χ0n) is 19.4. The molecule has 1 saturated carbocycles. The van der Waals surface area contributed by atoms with Crippen molar-refractivity contribution in [1.29, 1.82) is 0 Å². The lowest BCUT2D eigenvalue weighted by atomic mass is 9.93. The van der Waals surface area contributed by atoms with Crippen molar-refractivity contribution in [3.63, 3.8) is 0 Å². The molecule has 182 valence electrons. The van der Waals surface area contributed by atoms with Gasteiger partial charge >= 0.3 is 12.1 Å². The first-order chi connectivity index (χ1) is 17.4. The number of halogens is 1. The molecule has 1 aliphatic rings. The predicted molar refractivity (Wildman–Crippen MR) is 142 cm³/mol. The molecule has 2 N–H and O–H groups in total. The number of nitrogens with one attached hydrogen (secondary N) is 1. The van der Waals surface area contributed by atoms with Crippen LogP contribution in [0.5, 0.6) is 0 Å². The summed E-state index contributed by atoms with van der Waals surface area (Å²) in [7, 11) is 0. The highest BCUT2D eigenvalue weighted by Gasteiger charge is 2.51. The zero-order valence-corrected chi connectivity index (χ0v) is 21.0. The Morgan fingerprint density at radius 1 is 1.00 bits per heavy atom. The zero-order chi connectivity index (χ0) is 25.3. The van der Waals surface area contributed by atoms with E-state index >= 15 is 0 Å². The van der Waals surface area contributed by atoms with Gasteiger partial charge in [0.25, 0.3) is 0 Å². The number of nitrogens with zero attached hydrogens (tertiary/aromatic N) is 1. The molecule has 5 rings (SSSR count). The molecule has 8 heteroatoms. The van der Waals surface area contributed by atoms with Crippen molar-refractivity contribution in [3.05, 3.63) is 94.5 Å². The van der Waals surface area contributed by atoms with Crippen LogP contribution in [0.25, 0.3) is 21.6 Å². The second-order valence-electron chi connectivity index (χ2n) is 8.77. The van der Waals surface area contributed by atoms with Gasteiger partial charge in [-0.3, -0.25) is 10.1 Å². The SMILES string of the molecule is C[C@@H](OC(=O)Nc1ncsc1-c1ccc(-c2ccc(C3(C(=O)O)CC3)cc2)cc1)c1ccccc1Cl. The van der Waals surface area contributed by atoms with Crippen molar-refractivity contribution in [1.82, 2.24) is 4.98 Å². The Morgan fingerprint density at radius 2 is 1.61 bits per heavy atom. The summed E-state index contributed by atoms with van der Waals surface area (Å²) >= 11 is 7.62. The third-order valence-corrected chi connectivity index (χ3v) is 7.71. The molecule has 4 aromatic rings. The summed E-state index contributed by atoms with van der Waals surface area (Å²) in [5, 5.41) is 12.8. The van der Waals surface area contributed by atoms with Crippen molar-refractivity contribution in [2.24, 2.45) is 0 Å². The third kappa shape index (κ3) is 4.72. The van der Waals surface area contributed by atoms with Crippen LogP contribution in [0.1, 0.15) is 37.0 Å². The highest BCUT2D eigenvalue weighted by atomic mass is 35.5. The number of hydrogen-bond acceptors (Lipinski definition) is 5. The van der Waals surface area contributed by atoms with E-state index in [1.165, 1.54) is 11.3 Å². The monoisotopic (exact) mass is 518 g/mol. The van der Waals surface area contributed by atoms with Crippen LogP contribution in [0.4, 0.5) is 10.6 Å². The van der Waals surface area contributed by atoms with E-state index in [0.717, 1.165) is 32.7 Å². The Hall–Kier alpha value is -3.68. The van der Waals surface area contributed by atoms with Gasteiger partial charge in [0.1, 0.15) is 6.10 Å². The molecule has 36 heavy (non-hydrogen) atoms. The third-order valence-electron chi connectivity index (χ3n) is 6.49. The summed E-state index contributed by atoms with van der Waals surface area (Å²) in [6.07, 6.45) is 0.250. The molecular weight excluding hydrogens is 496 g/mol. The maximum Gasteiger partial charge on any atom is 0.413 e. The lowest BCUT2D eigenvalue weighted by molar-refractivity contribution is -0.140. The molecule has 1 aromatic heterocycles. The molecule has 1 aliphatic carbocycles. The number of carbonyl (C=O) groups excluding carboxylic acids is 1. The first-order valence-corrected chi connectivity index (χ1v) is 12.7. The number of aromatic nitrogens is 1. The summed E-state index contributed by atoms with van der Waals surface area (Å²) in [4.78, 5) is 29.2. The van der Waals surface area contributed by atoms with E-state index in [-0.39, 0.29) is 0 Å². The van der Waals surface area contributed by atoms with Gasteiger partial charge in [-0.2, -0.15) is 0 Å². The summed E-state index contributed by atoms with van der Waals surface area (Å²) in [5.74, 6) is -0.326. The maximum atomic E-state index is 12.5. The van der Waals surface area contributed by atoms with Crippen molar-refractivity contribution in [2.75, 3.05) is 5.32 Å². The minimum Gasteiger partial charge on any atom is -0.481 e. The van der Waals surface area contributed by atoms with Gasteiger partial charge in [0.05, 0.1) is 15.8 Å². The molecule has 1 fully saturated rings. The molecular formula is C28H23ClN2O4S. The van der Waals surface area contributed by atoms with Gasteiger partial charge in [-0.1, -0.05) is 78.3 Å². The summed E-state index contributed by atoms with van der Waals surface area (Å²) in [5.41, 5.74) is 5.48. The average molecular weight is 519 g/mol. The Kier molecular flexibility index (Phi) is 6.51. The number of carboxylic acids is 1. The number of anilines is 1. The number of aliphatic carboxylic acids is 1. The Labute approximate surface area is 217 Å². The smallest absolute Gasteiger partial charge is 0.413 e. The normalized spacial score (nSPS) is 14.6. The summed E-state index contributed by atoms with van der Waals surface area (Å²) in [6, 6.07) is 22.9. The van der Waals surface area contributed by atoms with Crippen LogP contribution in [-0.2, 0) is 14.9 Å². The van der Waals surface area contributed by atoms with Gasteiger partial charge in [-0.15, -0.1) is 11.3 Å². The summed E-state index contributed by atoms with van der Waals surface area (Å²) in [6.45, 7) is 1.76. The van der Waals surface area contributed by atoms with E-state index in [1.54, 1.807) is 18.5 Å². The van der Waals surface area contributed by atoms with E-state index in [1.807, 2.05) is 66.7 Å². The molecule has 0 bridgehead atoms. The molecule has 0 aliphatic heterocycles. The topological polar surface area (TPSA) is 88.5 Å². The second-order valence-corrected chi connectivity index (χ2v) is 10.0. The number of benzene rings is 3. The molecule has 6 nitrogen and oxygen atoms in total. The molecule has 3 aromatic carbocycles. The molecule has 0 saturated heterocycles. The van der Waals surface area contributed by atoms with E-state index in [9.17, 15) is 14.7 Å². The second kappa shape index (κ2) is 9.76. The molecule has 0 unspecified atom stereocenters. The van der Waals surface area contributed by atoms with Crippen molar-refractivity contribution in [3.8, 4) is 21.6 Å². The fourth-order valence-corrected chi connectivity index (χ4v) is 5.28. The van der Waals surface area contributed by atoms with E-state index in [2.05, 4.69) is 10.3 Å². The molecule has 0 spiro atoms. The minimum absolute atomic E-state index is 0.428. The Balaban J connectivity index is 1.27. The van der Waals surface area contributed by atoms with Gasteiger partial charge in [0.15, 0.2) is 5.82 Å². The number of rotatable bonds is 7. The molecule has 1 amide bonds. The van der Waals surface area contributed by atoms with Crippen LogP contribution in [0.15, 0.2) is 78.3 Å². The lowest BCUT2D eigenvalue weighted by Crippen LogP contribution is -2.19. The fourth-order valence-electron chi connectivity index (χ4n) is 4.24. The van der Waals surface area contributed by atoms with Crippen LogP contribution in [0, 0.1) is 0 Å². The standard InChI is InChI=1S/C28H23ClN2O4S/c1-17(22-4-2-3-5-23(22)29)35-27(34)31-25-24(36-16-30-25)20-8-6-18(7-9-20)19-10-12-21(13-11-19)28(14-15-28)26(32)33/h2-13,16-17H,14-15H2,1H3,(H,31,34)(H,32,33)/t17-/m1/s1. The van der Waals surface area contributed by atoms with E-state index in [4.69, 9.17) is 16.3 Å². The fraction of sp³-hybridized carbons (Fsp3) is 0.179. The van der Waals surface area contributed by atoms with E-state index < -0.39 is 23.6 Å². The number of ether oxygens (including phenoxy) is 1. The number of carboxylic acid groups (broad SMARTS) is 1. The predicted octanol–water partition coefficient (Wildman–Crippen LogP) is 7.56. The summed E-state index contributed by atoms with van der Waals surface area (Å²) < 4.78 is 5.50. The van der Waals surface area contributed by atoms with Gasteiger partial charge in [0, 0.05) is 10.6 Å². The van der Waals surface area contributed by atoms with Gasteiger partial charge < -0.3 is 9.84 Å². The Morgan fingerprint density at radius 3 is 2.22 bits per heavy atom. The molecule has 1 atom stereocenters. The van der Waals surface area contributed by atoms with E-state index in [0.29, 0.717) is 23.7 Å². The van der Waals surface area contributed by atoms with Crippen molar-refractivity contribution in [2.45, 2.75) is 31.3 Å². The quantitative estimate of drug-likeness (QED) is 0.263. The largest absolute Gasteiger partial charge is 0.481 e. The van der Waals surface area contributed by atoms with Crippen molar-refractivity contribution < 1.29 is 19.4 Å². The highest BCUT2D eigenvalue weighted by molar-refractivity contribution is 7.13. The van der Waals surface area contributed by atoms with Crippen LogP contribution in [0.2, 0.25) is 5.02 Å². The number of amides is 1. The first kappa shape index (κ1) is 24.0. The van der Waals surface area contributed by atoms with Crippen LogP contribution in [-0.4, -0.2) is 22.2 Å². The first-order valence-electron chi connectivity index (χ1n) is 11.5. The molecule has 0 radical (unpaired) electrons. The van der Waals surface area contributed by atoms with Gasteiger partial charge in [-0.25, -0.2) is 9.78 Å². The van der Waals surface area contributed by atoms with Gasteiger partial charge in [0.2, 0.25) is 0 Å². The average Bonchev–Trinajstić information content (AvgIpc) is 3.58. The number of hydrogen-bond donors (Lipinski definition) is 2. The molecule has 1 heterocycles. The van der Waals surface area contributed by atoms with Crippen LogP contribution >= 0.6 is 22.9 Å². The number of carbonyl (C=O) groups is 2. The van der Waals surface area contributed by atoms with Crippen molar-refractivity contribution >= 4 is 40.8 Å². The minimum atomic E-state index is -0.754. The van der Waals surface area contributed by atoms with Crippen LogP contribution < -0.4 is 5.32 Å². The lowest BCUT2D eigenvalue weighted by Gasteiger charge is -2.15. The highest BCUT2D eigenvalue weighted by Crippen LogP contribution is 2.48. The maximum absolute atomic E-state index is 12.5. The van der Waals surface area contributed by atoms with Crippen LogP contribution in [0.3, 0.4) is 0 Å². The van der Waals surface area contributed by atoms with Gasteiger partial charge in [-0.05, 0) is 48.1 Å².